The Kier molecular flexibility index (Phi) is 7.48. The zero-order valence-corrected chi connectivity index (χ0v) is 17.8. The van der Waals surface area contributed by atoms with Gasteiger partial charge in [0.2, 0.25) is 5.91 Å². The Morgan fingerprint density at radius 1 is 1.33 bits per heavy atom. The van der Waals surface area contributed by atoms with E-state index in [1.54, 1.807) is 13.0 Å². The van der Waals surface area contributed by atoms with Crippen molar-refractivity contribution in [2.24, 2.45) is 0 Å². The molecule has 1 heterocycles. The first-order valence-corrected chi connectivity index (χ1v) is 10.5. The third-order valence-corrected chi connectivity index (χ3v) is 5.27. The van der Waals surface area contributed by atoms with Gasteiger partial charge in [0.25, 0.3) is 0 Å². The van der Waals surface area contributed by atoms with Crippen molar-refractivity contribution in [2.45, 2.75) is 24.7 Å². The molecule has 2 aromatic carbocycles. The van der Waals surface area contributed by atoms with Crippen LogP contribution < -0.4 is 10.1 Å². The van der Waals surface area contributed by atoms with Crippen molar-refractivity contribution in [3.63, 3.8) is 0 Å². The molecule has 1 N–H and O–H groups in total. The van der Waals surface area contributed by atoms with Crippen molar-refractivity contribution in [1.82, 2.24) is 14.8 Å². The number of anilines is 1. The number of amides is 1. The summed E-state index contributed by atoms with van der Waals surface area (Å²) in [6.07, 6.45) is 1.20. The topological polar surface area (TPSA) is 69.0 Å². The Bertz CT molecular complexity index is 1030. The first-order chi connectivity index (χ1) is 14.5. The highest BCUT2D eigenvalue weighted by atomic mass is 35.5. The SMILES string of the molecule is C=CCn1c(SCC(=O)Nc2ccccc2)nnc1C(C)Oc1ccc(F)cc1Cl. The Hall–Kier alpha value is -2.84. The van der Waals surface area contributed by atoms with Crippen LogP contribution in [0.1, 0.15) is 18.9 Å². The van der Waals surface area contributed by atoms with Crippen molar-refractivity contribution < 1.29 is 13.9 Å². The molecule has 30 heavy (non-hydrogen) atoms. The molecule has 6 nitrogen and oxygen atoms in total. The van der Waals surface area contributed by atoms with E-state index in [0.29, 0.717) is 23.3 Å². The normalized spacial score (nSPS) is 11.7. The third-order valence-electron chi connectivity index (χ3n) is 4.01. The standard InChI is InChI=1S/C21H20ClFN4O2S/c1-3-11-27-20(14(2)29-18-10-9-15(23)12-17(18)22)25-26-21(27)30-13-19(28)24-16-7-5-4-6-8-16/h3-10,12,14H,1,11,13H2,2H3,(H,24,28). The first-order valence-electron chi connectivity index (χ1n) is 9.11. The van der Waals surface area contributed by atoms with Crippen LogP contribution in [0, 0.1) is 5.82 Å². The van der Waals surface area contributed by atoms with E-state index in [0.717, 1.165) is 5.69 Å². The number of allylic oxidation sites excluding steroid dienone is 1. The Balaban J connectivity index is 1.69. The molecule has 3 aromatic rings. The maximum absolute atomic E-state index is 13.3. The van der Waals surface area contributed by atoms with Crippen LogP contribution >= 0.6 is 23.4 Å². The van der Waals surface area contributed by atoms with Gasteiger partial charge in [0.1, 0.15) is 11.6 Å². The number of rotatable bonds is 9. The maximum atomic E-state index is 13.3. The van der Waals surface area contributed by atoms with E-state index in [-0.39, 0.29) is 16.7 Å². The van der Waals surface area contributed by atoms with E-state index in [9.17, 15) is 9.18 Å². The van der Waals surface area contributed by atoms with Crippen LogP contribution in [-0.2, 0) is 11.3 Å². The van der Waals surface area contributed by atoms with Crippen molar-refractivity contribution in [3.05, 3.63) is 77.9 Å². The van der Waals surface area contributed by atoms with Crippen molar-refractivity contribution >= 4 is 35.0 Å². The molecule has 1 unspecified atom stereocenters. The molecule has 0 aliphatic rings. The molecule has 0 radical (unpaired) electrons. The fraction of sp³-hybridized carbons (Fsp3) is 0.190. The van der Waals surface area contributed by atoms with Gasteiger partial charge in [-0.25, -0.2) is 4.39 Å². The summed E-state index contributed by atoms with van der Waals surface area (Å²) >= 11 is 7.31. The number of aromatic nitrogens is 3. The van der Waals surface area contributed by atoms with E-state index >= 15 is 0 Å². The van der Waals surface area contributed by atoms with Crippen LogP contribution in [0.3, 0.4) is 0 Å². The number of hydrogen-bond donors (Lipinski definition) is 1. The molecule has 1 aromatic heterocycles. The van der Waals surface area contributed by atoms with E-state index < -0.39 is 11.9 Å². The highest BCUT2D eigenvalue weighted by Crippen LogP contribution is 2.30. The summed E-state index contributed by atoms with van der Waals surface area (Å²) in [5, 5.41) is 12.0. The number of carbonyl (C=O) groups is 1. The van der Waals surface area contributed by atoms with E-state index in [1.807, 2.05) is 34.9 Å². The number of para-hydroxylation sites is 1. The molecule has 156 valence electrons. The summed E-state index contributed by atoms with van der Waals surface area (Å²) in [5.74, 6) is 0.463. The molecule has 1 atom stereocenters. The van der Waals surface area contributed by atoms with E-state index in [2.05, 4.69) is 22.1 Å². The minimum atomic E-state index is -0.507. The number of hydrogen-bond acceptors (Lipinski definition) is 5. The highest BCUT2D eigenvalue weighted by Gasteiger charge is 2.20. The van der Waals surface area contributed by atoms with Crippen LogP contribution in [0.4, 0.5) is 10.1 Å². The molecule has 1 amide bonds. The molecule has 0 aliphatic heterocycles. The predicted molar refractivity (Wildman–Crippen MR) is 116 cm³/mol. The molecule has 0 fully saturated rings. The molecule has 9 heteroatoms. The van der Waals surface area contributed by atoms with E-state index in [1.165, 1.54) is 30.0 Å². The molecular formula is C21H20ClFN4O2S. The van der Waals surface area contributed by atoms with Crippen LogP contribution in [0.25, 0.3) is 0 Å². The average molecular weight is 447 g/mol. The second kappa shape index (κ2) is 10.3. The van der Waals surface area contributed by atoms with Gasteiger partial charge in [0, 0.05) is 12.2 Å². The second-order valence-corrected chi connectivity index (χ2v) is 7.63. The molecular weight excluding hydrogens is 427 g/mol. The molecule has 3 rings (SSSR count). The lowest BCUT2D eigenvalue weighted by atomic mass is 10.3. The van der Waals surface area contributed by atoms with Gasteiger partial charge in [-0.1, -0.05) is 47.6 Å². The van der Waals surface area contributed by atoms with Crippen molar-refractivity contribution in [1.29, 1.82) is 0 Å². The fourth-order valence-corrected chi connectivity index (χ4v) is 3.64. The molecule has 0 bridgehead atoms. The number of halogens is 2. The third kappa shape index (κ3) is 5.61. The summed E-state index contributed by atoms with van der Waals surface area (Å²) in [5.41, 5.74) is 0.731. The summed E-state index contributed by atoms with van der Waals surface area (Å²) < 4.78 is 20.9. The smallest absolute Gasteiger partial charge is 0.234 e. The summed E-state index contributed by atoms with van der Waals surface area (Å²) in [6, 6.07) is 13.1. The predicted octanol–water partition coefficient (Wildman–Crippen LogP) is 5.13. The van der Waals surface area contributed by atoms with Crippen LogP contribution in [0.5, 0.6) is 5.75 Å². The zero-order valence-electron chi connectivity index (χ0n) is 16.2. The highest BCUT2D eigenvalue weighted by molar-refractivity contribution is 7.99. The van der Waals surface area contributed by atoms with Gasteiger partial charge in [0.05, 0.1) is 10.8 Å². The summed E-state index contributed by atoms with van der Waals surface area (Å²) in [4.78, 5) is 12.2. The number of nitrogens with zero attached hydrogens (tertiary/aromatic N) is 3. The lowest BCUT2D eigenvalue weighted by molar-refractivity contribution is -0.113. The summed E-state index contributed by atoms with van der Waals surface area (Å²) in [6.45, 7) is 6.00. The first kappa shape index (κ1) is 21.9. The average Bonchev–Trinajstić information content (AvgIpc) is 3.12. The van der Waals surface area contributed by atoms with Crippen molar-refractivity contribution in [2.75, 3.05) is 11.1 Å². The van der Waals surface area contributed by atoms with Crippen LogP contribution in [0.2, 0.25) is 5.02 Å². The van der Waals surface area contributed by atoms with Gasteiger partial charge in [-0.15, -0.1) is 16.8 Å². The minimum absolute atomic E-state index is 0.150. The minimum Gasteiger partial charge on any atom is -0.481 e. The van der Waals surface area contributed by atoms with Gasteiger partial charge >= 0.3 is 0 Å². The Morgan fingerprint density at radius 2 is 2.10 bits per heavy atom. The molecule has 0 spiro atoms. The molecule has 0 aliphatic carbocycles. The van der Waals surface area contributed by atoms with Gasteiger partial charge in [-0.3, -0.25) is 9.36 Å². The lowest BCUT2D eigenvalue weighted by Crippen LogP contribution is -2.15. The van der Waals surface area contributed by atoms with Gasteiger partial charge in [0.15, 0.2) is 17.1 Å². The number of carbonyl (C=O) groups excluding carboxylic acids is 1. The van der Waals surface area contributed by atoms with Crippen LogP contribution in [0.15, 0.2) is 66.3 Å². The molecule has 0 saturated carbocycles. The van der Waals surface area contributed by atoms with Gasteiger partial charge in [-0.05, 0) is 37.3 Å². The number of ether oxygens (including phenoxy) is 1. The lowest BCUT2D eigenvalue weighted by Gasteiger charge is -2.16. The maximum Gasteiger partial charge on any atom is 0.234 e. The largest absolute Gasteiger partial charge is 0.481 e. The fourth-order valence-electron chi connectivity index (χ4n) is 2.67. The molecule has 0 saturated heterocycles. The monoisotopic (exact) mass is 446 g/mol. The van der Waals surface area contributed by atoms with Gasteiger partial charge in [-0.2, -0.15) is 0 Å². The second-order valence-electron chi connectivity index (χ2n) is 6.28. The number of benzene rings is 2. The zero-order chi connectivity index (χ0) is 21.5. The number of nitrogens with one attached hydrogen (secondary N) is 1. The van der Waals surface area contributed by atoms with Crippen LogP contribution in [-0.4, -0.2) is 26.4 Å². The van der Waals surface area contributed by atoms with E-state index in [4.69, 9.17) is 16.3 Å². The Labute approximate surface area is 183 Å². The number of thioether (sulfide) groups is 1. The summed E-state index contributed by atoms with van der Waals surface area (Å²) in [7, 11) is 0. The van der Waals surface area contributed by atoms with Crippen molar-refractivity contribution in [3.8, 4) is 5.75 Å². The Morgan fingerprint density at radius 3 is 2.80 bits per heavy atom. The van der Waals surface area contributed by atoms with Gasteiger partial charge < -0.3 is 10.1 Å². The quantitative estimate of drug-likeness (QED) is 0.364.